The van der Waals surface area contributed by atoms with Crippen molar-refractivity contribution < 1.29 is 0 Å². The highest BCUT2D eigenvalue weighted by Gasteiger charge is 2.36. The van der Waals surface area contributed by atoms with Crippen molar-refractivity contribution in [2.75, 3.05) is 0 Å². The molecule has 0 radical (unpaired) electrons. The van der Waals surface area contributed by atoms with E-state index in [1.807, 2.05) is 0 Å². The van der Waals surface area contributed by atoms with Gasteiger partial charge in [-0.1, -0.05) is 166 Å². The molecular formula is C54H39N4-. The summed E-state index contributed by atoms with van der Waals surface area (Å²) in [7, 11) is 0. The van der Waals surface area contributed by atoms with E-state index in [2.05, 4.69) is 205 Å². The van der Waals surface area contributed by atoms with E-state index in [-0.39, 0.29) is 11.6 Å². The van der Waals surface area contributed by atoms with E-state index in [1.165, 1.54) is 81.9 Å². The Morgan fingerprint density at radius 2 is 1.14 bits per heavy atom. The fourth-order valence-corrected chi connectivity index (χ4v) is 10.0. The molecule has 0 amide bonds. The first kappa shape index (κ1) is 33.2. The van der Waals surface area contributed by atoms with Crippen molar-refractivity contribution in [3.8, 4) is 16.8 Å². The highest BCUT2D eigenvalue weighted by Crippen LogP contribution is 2.52. The molecule has 12 rings (SSSR count). The number of amidine groups is 1. The van der Waals surface area contributed by atoms with E-state index >= 15 is 0 Å². The Morgan fingerprint density at radius 3 is 1.88 bits per heavy atom. The van der Waals surface area contributed by atoms with Gasteiger partial charge in [-0.25, -0.2) is 0 Å². The predicted octanol–water partition coefficient (Wildman–Crippen LogP) is 13.8. The van der Waals surface area contributed by atoms with Gasteiger partial charge < -0.3 is 15.0 Å². The molecule has 1 aliphatic carbocycles. The molecule has 9 aromatic carbocycles. The van der Waals surface area contributed by atoms with Gasteiger partial charge in [-0.2, -0.15) is 0 Å². The predicted molar refractivity (Wildman–Crippen MR) is 242 cm³/mol. The van der Waals surface area contributed by atoms with Crippen LogP contribution in [-0.2, 0) is 12.0 Å². The molecule has 2 aliphatic rings. The minimum absolute atomic E-state index is 0.126. The first-order chi connectivity index (χ1) is 28.5. The van der Waals surface area contributed by atoms with Crippen molar-refractivity contribution in [1.82, 2.24) is 9.58 Å². The van der Waals surface area contributed by atoms with Crippen LogP contribution in [0.5, 0.6) is 0 Å². The summed E-state index contributed by atoms with van der Waals surface area (Å²) in [6, 6.07) is 66.4. The Kier molecular flexibility index (Phi) is 7.14. The maximum atomic E-state index is 5.23. The summed E-state index contributed by atoms with van der Waals surface area (Å²) < 4.78 is 2.49. The molecular weight excluding hydrogens is 705 g/mol. The number of nitrogens with zero attached hydrogens (tertiary/aromatic N) is 4. The molecule has 1 aliphatic heterocycles. The molecule has 0 spiro atoms. The summed E-state index contributed by atoms with van der Waals surface area (Å²) in [4.78, 5) is 5.23. The van der Waals surface area contributed by atoms with E-state index < -0.39 is 0 Å². The van der Waals surface area contributed by atoms with Crippen LogP contribution in [0.4, 0.5) is 0 Å². The van der Waals surface area contributed by atoms with Gasteiger partial charge in [-0.3, -0.25) is 5.01 Å². The van der Waals surface area contributed by atoms with Crippen LogP contribution < -0.4 is 0 Å². The lowest BCUT2D eigenvalue weighted by Crippen LogP contribution is -2.19. The van der Waals surface area contributed by atoms with Crippen LogP contribution in [0.2, 0.25) is 0 Å². The van der Waals surface area contributed by atoms with Gasteiger partial charge in [0.2, 0.25) is 0 Å². The third-order valence-corrected chi connectivity index (χ3v) is 12.8. The average molecular weight is 744 g/mol. The van der Waals surface area contributed by atoms with Crippen molar-refractivity contribution in [3.63, 3.8) is 0 Å². The van der Waals surface area contributed by atoms with Crippen molar-refractivity contribution in [2.45, 2.75) is 32.0 Å². The zero-order valence-electron chi connectivity index (χ0n) is 32.4. The minimum Gasteiger partial charge on any atom is -0.444 e. The van der Waals surface area contributed by atoms with Crippen LogP contribution in [0.25, 0.3) is 76.4 Å². The number of hydrogen-bond acceptors (Lipinski definition) is 2. The van der Waals surface area contributed by atoms with Crippen LogP contribution in [0, 0.1) is 0 Å². The maximum Gasteiger partial charge on any atom is 0.0547 e. The van der Waals surface area contributed by atoms with Crippen LogP contribution in [0.15, 0.2) is 187 Å². The van der Waals surface area contributed by atoms with E-state index in [4.69, 9.17) is 10.4 Å². The standard InChI is InChI=1S/C54H39N4/c1-54(2)46-24-14-13-22-41(46)44-31-45-49(32-47(44)54)58(48-30-29-43-40-21-10-9-19-38(40)39-20-11-12-23-42(39)50(43)51(45)48)37-27-25-35(26-28-37)52-55-53(36-17-7-4-8-18-36)57(56-52)33-34-15-5-3-6-16-34/h3-32,53H,33H2,1-2H3/q-1. The first-order valence-electron chi connectivity index (χ1n) is 20.2. The quantitative estimate of drug-likeness (QED) is 0.162. The summed E-state index contributed by atoms with van der Waals surface area (Å²) in [6.45, 7) is 5.42. The number of fused-ring (bicyclic) bond motifs is 13. The fourth-order valence-electron chi connectivity index (χ4n) is 10.0. The zero-order chi connectivity index (χ0) is 38.5. The molecule has 276 valence electrons. The Hall–Kier alpha value is -7.01. The van der Waals surface area contributed by atoms with Crippen molar-refractivity contribution >= 4 is 60.0 Å². The second kappa shape index (κ2) is 12.5. The highest BCUT2D eigenvalue weighted by atomic mass is 15.6. The molecule has 0 N–H and O–H groups in total. The molecule has 0 saturated carbocycles. The topological polar surface area (TPSA) is 34.6 Å². The molecule has 1 atom stereocenters. The van der Waals surface area contributed by atoms with Crippen molar-refractivity contribution in [1.29, 1.82) is 0 Å². The largest absolute Gasteiger partial charge is 0.444 e. The van der Waals surface area contributed by atoms with Gasteiger partial charge in [0, 0.05) is 40.0 Å². The van der Waals surface area contributed by atoms with Crippen LogP contribution >= 0.6 is 0 Å². The number of rotatable bonds is 5. The second-order valence-corrected chi connectivity index (χ2v) is 16.4. The Balaban J connectivity index is 1.07. The van der Waals surface area contributed by atoms with Gasteiger partial charge in [-0.15, -0.1) is 0 Å². The monoisotopic (exact) mass is 743 g/mol. The van der Waals surface area contributed by atoms with Gasteiger partial charge in [0.25, 0.3) is 0 Å². The molecule has 1 unspecified atom stereocenters. The lowest BCUT2D eigenvalue weighted by Gasteiger charge is -2.31. The summed E-state index contributed by atoms with van der Waals surface area (Å²) in [6.07, 6.45) is -0.192. The molecule has 4 nitrogen and oxygen atoms in total. The van der Waals surface area contributed by atoms with Gasteiger partial charge in [0.15, 0.2) is 0 Å². The zero-order valence-corrected chi connectivity index (χ0v) is 32.4. The van der Waals surface area contributed by atoms with Crippen LogP contribution in [0.1, 0.15) is 47.8 Å². The number of aliphatic imine (C=N–C) groups is 1. The fraction of sp³-hybridized carbons (Fsp3) is 0.0926. The van der Waals surface area contributed by atoms with Gasteiger partial charge in [-0.05, 0) is 102 Å². The van der Waals surface area contributed by atoms with E-state index in [1.54, 1.807) is 0 Å². The molecule has 10 aromatic rings. The third kappa shape index (κ3) is 4.82. The summed E-state index contributed by atoms with van der Waals surface area (Å²) in [5.74, 6) is 0.750. The van der Waals surface area contributed by atoms with Crippen molar-refractivity contribution in [2.24, 2.45) is 4.99 Å². The summed E-state index contributed by atoms with van der Waals surface area (Å²) in [5, 5.41) is 12.4. The molecule has 58 heavy (non-hydrogen) atoms. The highest BCUT2D eigenvalue weighted by molar-refractivity contribution is 6.35. The van der Waals surface area contributed by atoms with Crippen LogP contribution in [-0.4, -0.2) is 15.4 Å². The maximum absolute atomic E-state index is 5.23. The number of hydrogen-bond donors (Lipinski definition) is 0. The lowest BCUT2D eigenvalue weighted by atomic mass is 9.82. The normalized spacial score (nSPS) is 16.0. The average Bonchev–Trinajstić information content (AvgIpc) is 3.91. The van der Waals surface area contributed by atoms with Crippen molar-refractivity contribution in [3.05, 3.63) is 215 Å². The lowest BCUT2D eigenvalue weighted by molar-refractivity contribution is 0.286. The molecule has 2 heterocycles. The Bertz CT molecular complexity index is 3270. The molecule has 0 bridgehead atoms. The molecule has 0 fully saturated rings. The molecule has 4 heteroatoms. The number of benzene rings is 9. The molecule has 0 saturated heterocycles. The minimum atomic E-state index is -0.192. The van der Waals surface area contributed by atoms with Gasteiger partial charge >= 0.3 is 0 Å². The Morgan fingerprint density at radius 1 is 0.517 bits per heavy atom. The first-order valence-corrected chi connectivity index (χ1v) is 20.2. The third-order valence-electron chi connectivity index (χ3n) is 12.8. The number of aromatic nitrogens is 1. The van der Waals surface area contributed by atoms with E-state index in [9.17, 15) is 0 Å². The van der Waals surface area contributed by atoms with Crippen LogP contribution in [0.3, 0.4) is 0 Å². The second-order valence-electron chi connectivity index (χ2n) is 16.4. The van der Waals surface area contributed by atoms with E-state index in [0.717, 1.165) is 22.6 Å². The van der Waals surface area contributed by atoms with Gasteiger partial charge in [0.05, 0.1) is 11.0 Å². The molecule has 1 aromatic heterocycles. The summed E-state index contributed by atoms with van der Waals surface area (Å²) in [5.41, 5.74) is 17.3. The summed E-state index contributed by atoms with van der Waals surface area (Å²) >= 11 is 0. The van der Waals surface area contributed by atoms with E-state index in [0.29, 0.717) is 6.54 Å². The van der Waals surface area contributed by atoms with Gasteiger partial charge in [0.1, 0.15) is 0 Å². The SMILES string of the molecule is CC1(C)c2ccccc2-c2cc3c4c5c6ccccc6c6ccccc6c5ccc4n(-c4ccc(C5=NC(c6ccccc6)N(Cc6ccccc6)[N-]5)cc4)c3cc21. The Labute approximate surface area is 337 Å². The smallest absolute Gasteiger partial charge is 0.0547 e.